The van der Waals surface area contributed by atoms with E-state index in [0.29, 0.717) is 0 Å². The maximum absolute atomic E-state index is 9.95. The number of esters is 2. The number of carboxylic acids is 2. The molecule has 0 heterocycles. The van der Waals surface area contributed by atoms with Crippen LogP contribution in [0, 0.1) is 0 Å². The molecule has 76 valence electrons. The largest absolute Gasteiger partial charge is 2.00 e. The summed E-state index contributed by atoms with van der Waals surface area (Å²) in [6.07, 6.45) is 0. The third-order valence-electron chi connectivity index (χ3n) is 0.535. The second-order valence-electron chi connectivity index (χ2n) is 1.29. The van der Waals surface area contributed by atoms with Gasteiger partial charge in [0, 0.05) is 0 Å². The molecule has 7 nitrogen and oxygen atoms in total. The molecule has 2 N–H and O–H groups in total. The van der Waals surface area contributed by atoms with Crippen molar-refractivity contribution in [2.75, 3.05) is 0 Å². The maximum Gasteiger partial charge on any atom is 2.00 e. The Morgan fingerprint density at radius 1 is 0.812 bits per heavy atom. The van der Waals surface area contributed by atoms with Crippen molar-refractivity contribution in [3.63, 3.8) is 0 Å². The van der Waals surface area contributed by atoms with Gasteiger partial charge >= 0.3 is 204 Å². The van der Waals surface area contributed by atoms with Crippen LogP contribution < -0.4 is 59.1 Å². The molecule has 0 saturated heterocycles. The molecule has 0 aliphatic heterocycles. The molecular formula is C4H10Ca2Na2O7Sr. The number of ether oxygens (including phenoxy) is 1. The monoisotopic (exact) mass is 384 g/mol. The molecule has 0 aliphatic carbocycles. The van der Waals surface area contributed by atoms with E-state index < -0.39 is 23.9 Å². The molecule has 0 amide bonds. The molecule has 0 aromatic rings. The summed E-state index contributed by atoms with van der Waals surface area (Å²) in [6.45, 7) is 0. The summed E-state index contributed by atoms with van der Waals surface area (Å²) in [5, 5.41) is 15.6. The first-order valence-corrected chi connectivity index (χ1v) is 2.17. The van der Waals surface area contributed by atoms with Gasteiger partial charge in [-0.2, -0.15) is 0 Å². The number of carbonyl (C=O) groups is 4. The van der Waals surface area contributed by atoms with Crippen LogP contribution in [0.2, 0.25) is 0 Å². The third kappa shape index (κ3) is 20.4. The summed E-state index contributed by atoms with van der Waals surface area (Å²) in [4.78, 5) is 39.2. The van der Waals surface area contributed by atoms with Crippen molar-refractivity contribution in [1.29, 1.82) is 0 Å². The van der Waals surface area contributed by atoms with E-state index in [0.717, 1.165) is 0 Å². The molecule has 0 aromatic heterocycles. The standard InChI is InChI=1S/C4H2O7.2Ca.2Na.Sr.8H/c5-1(6)3(9)11-4(10)2(7)8;;;;;;;;;;;;;/h(H,5,6)(H,7,8);;;;;;;;;;;;;/q;2*+2;2*+1;+2;8*-1. The molecular weight excluding hydrogens is 374 g/mol. The summed E-state index contributed by atoms with van der Waals surface area (Å²) >= 11 is 0. The van der Waals surface area contributed by atoms with Crippen LogP contribution in [0.25, 0.3) is 0 Å². The van der Waals surface area contributed by atoms with Crippen LogP contribution in [0.5, 0.6) is 0 Å². The van der Waals surface area contributed by atoms with Crippen molar-refractivity contribution in [3.8, 4) is 0 Å². The van der Waals surface area contributed by atoms with Crippen LogP contribution in [-0.4, -0.2) is 155 Å². The second-order valence-corrected chi connectivity index (χ2v) is 1.29. The van der Waals surface area contributed by atoms with Crippen molar-refractivity contribution in [2.24, 2.45) is 0 Å². The number of carbonyl (C=O) groups excluding carboxylic acids is 2. The summed E-state index contributed by atoms with van der Waals surface area (Å²) in [7, 11) is 0. The molecule has 0 aliphatic rings. The fourth-order valence-electron chi connectivity index (χ4n) is 0.172. The predicted molar refractivity (Wildman–Crippen MR) is 52.5 cm³/mol. The zero-order valence-electron chi connectivity index (χ0n) is 17.1. The van der Waals surface area contributed by atoms with Gasteiger partial charge in [0.2, 0.25) is 0 Å². The van der Waals surface area contributed by atoms with Crippen LogP contribution >= 0.6 is 0 Å². The van der Waals surface area contributed by atoms with E-state index in [1.807, 2.05) is 0 Å². The first-order valence-electron chi connectivity index (χ1n) is 2.17. The van der Waals surface area contributed by atoms with Gasteiger partial charge in [-0.1, -0.05) is 0 Å². The van der Waals surface area contributed by atoms with Crippen LogP contribution in [-0.2, 0) is 23.9 Å². The topological polar surface area (TPSA) is 118 Å². The zero-order chi connectivity index (χ0) is 9.02. The van der Waals surface area contributed by atoms with Crippen molar-refractivity contribution < 1.29 is 105 Å². The minimum absolute atomic E-state index is 0. The van der Waals surface area contributed by atoms with Crippen molar-refractivity contribution in [2.45, 2.75) is 0 Å². The summed E-state index contributed by atoms with van der Waals surface area (Å²) in [6, 6.07) is 0. The van der Waals surface area contributed by atoms with Crippen molar-refractivity contribution >= 4 is 145 Å². The van der Waals surface area contributed by atoms with E-state index in [-0.39, 0.29) is 191 Å². The minimum Gasteiger partial charge on any atom is -1.00 e. The number of rotatable bonds is 0. The van der Waals surface area contributed by atoms with Gasteiger partial charge in [0.25, 0.3) is 0 Å². The fourth-order valence-corrected chi connectivity index (χ4v) is 0.172. The molecule has 0 radical (unpaired) electrons. The van der Waals surface area contributed by atoms with Gasteiger partial charge in [-0.3, -0.25) is 0 Å². The van der Waals surface area contributed by atoms with E-state index in [1.54, 1.807) is 0 Å². The molecule has 0 bridgehead atoms. The minimum atomic E-state index is -2.03. The van der Waals surface area contributed by atoms with E-state index in [9.17, 15) is 19.2 Å². The van der Waals surface area contributed by atoms with Crippen LogP contribution in [0.15, 0.2) is 0 Å². The van der Waals surface area contributed by atoms with Crippen LogP contribution in [0.4, 0.5) is 0 Å². The Balaban J connectivity index is -0.00000000641. The number of aliphatic carboxylic acids is 2. The summed E-state index contributed by atoms with van der Waals surface area (Å²) in [5.74, 6) is -7.89. The van der Waals surface area contributed by atoms with Crippen molar-refractivity contribution in [1.82, 2.24) is 0 Å². The molecule has 0 spiro atoms. The van der Waals surface area contributed by atoms with Gasteiger partial charge in [0.1, 0.15) is 0 Å². The number of hydrogen-bond donors (Lipinski definition) is 2. The van der Waals surface area contributed by atoms with E-state index in [4.69, 9.17) is 10.2 Å². The maximum atomic E-state index is 9.95. The van der Waals surface area contributed by atoms with Gasteiger partial charge in [-0.05, 0) is 0 Å². The molecule has 16 heavy (non-hydrogen) atoms. The smallest absolute Gasteiger partial charge is 1.00 e. The summed E-state index contributed by atoms with van der Waals surface area (Å²) < 4.78 is 3.30. The Labute approximate surface area is 244 Å². The quantitative estimate of drug-likeness (QED) is 0.184. The van der Waals surface area contributed by atoms with Gasteiger partial charge < -0.3 is 26.4 Å². The Morgan fingerprint density at radius 2 is 1.00 bits per heavy atom. The molecule has 0 saturated carbocycles. The second kappa shape index (κ2) is 21.4. The van der Waals surface area contributed by atoms with E-state index >= 15 is 0 Å². The van der Waals surface area contributed by atoms with Gasteiger partial charge in [0.05, 0.1) is 0 Å². The third-order valence-corrected chi connectivity index (χ3v) is 0.535. The van der Waals surface area contributed by atoms with Gasteiger partial charge in [-0.15, -0.1) is 0 Å². The fraction of sp³-hybridized carbons (Fsp3) is 0. The normalized spacial score (nSPS) is 5.75. The molecule has 0 rings (SSSR count). The van der Waals surface area contributed by atoms with E-state index in [2.05, 4.69) is 4.74 Å². The number of carboxylic acid groups (broad SMARTS) is 2. The molecule has 0 aromatic carbocycles. The first kappa shape index (κ1) is 36.9. The molecule has 0 atom stereocenters. The summed E-state index contributed by atoms with van der Waals surface area (Å²) in [5.41, 5.74) is 0. The van der Waals surface area contributed by atoms with Gasteiger partial charge in [0.15, 0.2) is 0 Å². The zero-order valence-corrected chi connectivity index (χ0v) is 20.9. The molecule has 0 fully saturated rings. The van der Waals surface area contributed by atoms with Gasteiger partial charge in [-0.25, -0.2) is 19.2 Å². The SMILES string of the molecule is O=C(O)C(=O)OC(=O)C(=O)O.[Ca+2].[Ca+2].[H-].[H-].[H-].[H-].[H-].[H-].[H-].[H-].[Na+].[Na+].[Sr+2]. The predicted octanol–water partition coefficient (Wildman–Crippen LogP) is -8.01. The Hall–Kier alpha value is 4.08. The average molecular weight is 384 g/mol. The Bertz CT molecular complexity index is 247. The molecule has 0 unspecified atom stereocenters. The Morgan fingerprint density at radius 3 is 1.12 bits per heavy atom. The van der Waals surface area contributed by atoms with Crippen LogP contribution in [0.3, 0.4) is 0 Å². The average Bonchev–Trinajstić information content (AvgIpc) is 1.87. The first-order chi connectivity index (χ1) is 4.95. The Kier molecular flexibility index (Phi) is 49.3. The van der Waals surface area contributed by atoms with Crippen molar-refractivity contribution in [3.05, 3.63) is 0 Å². The van der Waals surface area contributed by atoms with E-state index in [1.165, 1.54) is 0 Å². The molecule has 12 heteroatoms. The number of hydrogen-bond acceptors (Lipinski definition) is 5. The van der Waals surface area contributed by atoms with Crippen LogP contribution in [0.1, 0.15) is 11.4 Å².